The van der Waals surface area contributed by atoms with Crippen molar-refractivity contribution in [2.24, 2.45) is 11.8 Å². The topological polar surface area (TPSA) is 47.3 Å². The van der Waals surface area contributed by atoms with E-state index in [-0.39, 0.29) is 6.04 Å². The lowest BCUT2D eigenvalue weighted by atomic mass is 9.93. The number of ether oxygens (including phenoxy) is 1. The summed E-state index contributed by atoms with van der Waals surface area (Å²) in [5, 5.41) is 1.33. The van der Waals surface area contributed by atoms with E-state index in [2.05, 4.69) is 12.3 Å². The smallest absolute Gasteiger partial charge is 0.0465 e. The summed E-state index contributed by atoms with van der Waals surface area (Å²) in [6.07, 6.45) is 1.73. The van der Waals surface area contributed by atoms with Gasteiger partial charge in [0.15, 0.2) is 0 Å². The van der Waals surface area contributed by atoms with Gasteiger partial charge in [0.25, 0.3) is 0 Å². The van der Waals surface area contributed by atoms with Crippen LogP contribution in [0.1, 0.15) is 18.9 Å². The van der Waals surface area contributed by atoms with E-state index < -0.39 is 0 Å². The molecular formula is C13H20Cl2N2O. The zero-order valence-electron chi connectivity index (χ0n) is 10.7. The fraction of sp³-hybridized carbons (Fsp3) is 0.538. The first-order valence-corrected chi connectivity index (χ1v) is 6.73. The summed E-state index contributed by atoms with van der Waals surface area (Å²) < 4.78 is 5.08. The Labute approximate surface area is 119 Å². The van der Waals surface area contributed by atoms with Gasteiger partial charge in [-0.15, -0.1) is 0 Å². The Kier molecular flexibility index (Phi) is 6.97. The van der Waals surface area contributed by atoms with Crippen molar-refractivity contribution in [3.63, 3.8) is 0 Å². The molecule has 18 heavy (non-hydrogen) atoms. The van der Waals surface area contributed by atoms with Crippen molar-refractivity contribution in [3.8, 4) is 0 Å². The van der Waals surface area contributed by atoms with Gasteiger partial charge < -0.3 is 4.74 Å². The predicted octanol–water partition coefficient (Wildman–Crippen LogP) is 3.04. The lowest BCUT2D eigenvalue weighted by Crippen LogP contribution is -2.41. The minimum absolute atomic E-state index is 0.166. The number of hydrazine groups is 1. The molecule has 3 N–H and O–H groups in total. The average Bonchev–Trinajstić information content (AvgIpc) is 2.35. The first-order chi connectivity index (χ1) is 8.58. The van der Waals surface area contributed by atoms with Crippen LogP contribution in [-0.2, 0) is 11.2 Å². The third kappa shape index (κ3) is 4.75. The maximum Gasteiger partial charge on any atom is 0.0465 e. The number of hydrogen-bond donors (Lipinski definition) is 2. The maximum absolute atomic E-state index is 6.16. The third-order valence-electron chi connectivity index (χ3n) is 3.13. The van der Waals surface area contributed by atoms with Gasteiger partial charge in [0, 0.05) is 29.8 Å². The number of halogens is 2. The van der Waals surface area contributed by atoms with Crippen LogP contribution in [0.25, 0.3) is 0 Å². The molecule has 0 radical (unpaired) electrons. The van der Waals surface area contributed by atoms with E-state index in [1.165, 1.54) is 0 Å². The van der Waals surface area contributed by atoms with Gasteiger partial charge in [0.2, 0.25) is 0 Å². The molecule has 0 saturated heterocycles. The zero-order valence-corrected chi connectivity index (χ0v) is 12.3. The molecule has 0 saturated carbocycles. The Bertz CT molecular complexity index is 374. The molecule has 0 aliphatic heterocycles. The maximum atomic E-state index is 6.16. The third-order valence-corrected chi connectivity index (χ3v) is 3.72. The Morgan fingerprint density at radius 3 is 2.67 bits per heavy atom. The molecule has 0 aliphatic carbocycles. The fourth-order valence-electron chi connectivity index (χ4n) is 1.85. The molecule has 102 valence electrons. The van der Waals surface area contributed by atoms with Crippen molar-refractivity contribution >= 4 is 23.2 Å². The summed E-state index contributed by atoms with van der Waals surface area (Å²) in [5.41, 5.74) is 3.90. The normalized spacial score (nSPS) is 14.5. The molecule has 0 aliphatic rings. The minimum atomic E-state index is 0.166. The molecule has 0 fully saturated rings. The van der Waals surface area contributed by atoms with Crippen molar-refractivity contribution in [2.75, 3.05) is 13.7 Å². The molecule has 0 spiro atoms. The second-order valence-corrected chi connectivity index (χ2v) is 5.32. The van der Waals surface area contributed by atoms with Crippen LogP contribution in [0.5, 0.6) is 0 Å². The highest BCUT2D eigenvalue weighted by Gasteiger charge is 2.17. The molecule has 2 unspecified atom stereocenters. The second kappa shape index (κ2) is 7.97. The van der Waals surface area contributed by atoms with Crippen molar-refractivity contribution in [3.05, 3.63) is 33.8 Å². The minimum Gasteiger partial charge on any atom is -0.385 e. The monoisotopic (exact) mass is 290 g/mol. The lowest BCUT2D eigenvalue weighted by molar-refractivity contribution is 0.170. The summed E-state index contributed by atoms with van der Waals surface area (Å²) in [4.78, 5) is 0. The molecule has 1 aromatic carbocycles. The molecule has 0 heterocycles. The Morgan fingerprint density at radius 2 is 2.11 bits per heavy atom. The molecule has 3 nitrogen and oxygen atoms in total. The number of benzene rings is 1. The van der Waals surface area contributed by atoms with Crippen LogP contribution in [0.15, 0.2) is 18.2 Å². The van der Waals surface area contributed by atoms with Gasteiger partial charge in [-0.05, 0) is 36.5 Å². The summed E-state index contributed by atoms with van der Waals surface area (Å²) >= 11 is 12.0. The average molecular weight is 291 g/mol. The molecule has 2 atom stereocenters. The number of nitrogens with one attached hydrogen (secondary N) is 1. The van der Waals surface area contributed by atoms with Gasteiger partial charge in [-0.3, -0.25) is 11.3 Å². The van der Waals surface area contributed by atoms with Crippen LogP contribution < -0.4 is 11.3 Å². The van der Waals surface area contributed by atoms with Gasteiger partial charge in [-0.2, -0.15) is 0 Å². The first-order valence-electron chi connectivity index (χ1n) is 5.97. The van der Waals surface area contributed by atoms with Gasteiger partial charge in [0.05, 0.1) is 0 Å². The van der Waals surface area contributed by atoms with E-state index in [0.717, 1.165) is 25.0 Å². The Morgan fingerprint density at radius 1 is 1.39 bits per heavy atom. The van der Waals surface area contributed by atoms with E-state index in [1.54, 1.807) is 13.2 Å². The van der Waals surface area contributed by atoms with Crippen LogP contribution in [-0.4, -0.2) is 19.8 Å². The highest BCUT2D eigenvalue weighted by molar-refractivity contribution is 6.35. The summed E-state index contributed by atoms with van der Waals surface area (Å²) in [6.45, 7) is 2.88. The lowest BCUT2D eigenvalue weighted by Gasteiger charge is -2.23. The first kappa shape index (κ1) is 15.7. The predicted molar refractivity (Wildman–Crippen MR) is 76.9 cm³/mol. The molecule has 0 aromatic heterocycles. The Balaban J connectivity index is 2.67. The quantitative estimate of drug-likeness (QED) is 0.599. The summed E-state index contributed by atoms with van der Waals surface area (Å²) in [6, 6.07) is 5.71. The van der Waals surface area contributed by atoms with Crippen LogP contribution >= 0.6 is 23.2 Å². The van der Waals surface area contributed by atoms with Gasteiger partial charge in [-0.1, -0.05) is 36.2 Å². The highest BCUT2D eigenvalue weighted by Crippen LogP contribution is 2.23. The fourth-order valence-corrected chi connectivity index (χ4v) is 2.34. The van der Waals surface area contributed by atoms with E-state index >= 15 is 0 Å². The SMILES string of the molecule is COCCC(C)C(Cc1ccc(Cl)cc1Cl)NN. The van der Waals surface area contributed by atoms with Crippen molar-refractivity contribution in [2.45, 2.75) is 25.8 Å². The molecule has 0 bridgehead atoms. The Hall–Kier alpha value is -0.320. The molecule has 5 heteroatoms. The number of hydrogen-bond acceptors (Lipinski definition) is 3. The van der Waals surface area contributed by atoms with Crippen LogP contribution in [0.4, 0.5) is 0 Å². The van der Waals surface area contributed by atoms with E-state index in [9.17, 15) is 0 Å². The standard InChI is InChI=1S/C13H20Cl2N2O/c1-9(5-6-18-2)13(17-16)7-10-3-4-11(14)8-12(10)15/h3-4,8-9,13,17H,5-7,16H2,1-2H3. The molecular weight excluding hydrogens is 271 g/mol. The van der Waals surface area contributed by atoms with Gasteiger partial charge >= 0.3 is 0 Å². The van der Waals surface area contributed by atoms with Crippen molar-refractivity contribution < 1.29 is 4.74 Å². The zero-order chi connectivity index (χ0) is 13.5. The van der Waals surface area contributed by atoms with Gasteiger partial charge in [0.1, 0.15) is 0 Å². The van der Waals surface area contributed by atoms with Crippen LogP contribution in [0, 0.1) is 5.92 Å². The van der Waals surface area contributed by atoms with Gasteiger partial charge in [-0.25, -0.2) is 0 Å². The van der Waals surface area contributed by atoms with Crippen molar-refractivity contribution in [1.82, 2.24) is 5.43 Å². The van der Waals surface area contributed by atoms with Crippen LogP contribution in [0.3, 0.4) is 0 Å². The molecule has 1 rings (SSSR count). The second-order valence-electron chi connectivity index (χ2n) is 4.47. The van der Waals surface area contributed by atoms with E-state index in [1.807, 2.05) is 12.1 Å². The molecule has 0 amide bonds. The summed E-state index contributed by atoms with van der Waals surface area (Å²) in [7, 11) is 1.70. The van der Waals surface area contributed by atoms with E-state index in [4.69, 9.17) is 33.8 Å². The van der Waals surface area contributed by atoms with Crippen LogP contribution in [0.2, 0.25) is 10.0 Å². The largest absolute Gasteiger partial charge is 0.385 e. The number of methoxy groups -OCH3 is 1. The molecule has 1 aromatic rings. The highest BCUT2D eigenvalue weighted by atomic mass is 35.5. The van der Waals surface area contributed by atoms with Crippen molar-refractivity contribution in [1.29, 1.82) is 0 Å². The number of rotatable bonds is 7. The van der Waals surface area contributed by atoms with E-state index in [0.29, 0.717) is 16.0 Å². The summed E-state index contributed by atoms with van der Waals surface area (Å²) in [5.74, 6) is 6.02. The number of nitrogens with two attached hydrogens (primary N) is 1.